The molecule has 0 bridgehead atoms. The lowest BCUT2D eigenvalue weighted by atomic mass is 9.98. The summed E-state index contributed by atoms with van der Waals surface area (Å²) in [5.74, 6) is 0. The number of aryl methyl sites for hydroxylation is 1. The second-order valence-corrected chi connectivity index (χ2v) is 3.74. The number of rotatable bonds is 3. The number of hydrogen-bond donors (Lipinski definition) is 0. The molecule has 2 aromatic heterocycles. The second kappa shape index (κ2) is 4.88. The van der Waals surface area contributed by atoms with E-state index in [-0.39, 0.29) is 0 Å². The first kappa shape index (κ1) is 10.8. The molecule has 0 unspecified atom stereocenters. The van der Waals surface area contributed by atoms with Crippen LogP contribution >= 0.6 is 0 Å². The number of pyridine rings is 2. The summed E-state index contributed by atoms with van der Waals surface area (Å²) in [5.41, 5.74) is 5.01. The SMILES string of the molecule is CCc1ccnc(-c2ccncc2)c1CC. The highest BCUT2D eigenvalue weighted by atomic mass is 14.7. The molecule has 2 heteroatoms. The van der Waals surface area contributed by atoms with Gasteiger partial charge in [0.2, 0.25) is 0 Å². The fraction of sp³-hybridized carbons (Fsp3) is 0.286. The molecular weight excluding hydrogens is 196 g/mol. The Labute approximate surface area is 96.4 Å². The van der Waals surface area contributed by atoms with Gasteiger partial charge in [-0.2, -0.15) is 0 Å². The van der Waals surface area contributed by atoms with Crippen molar-refractivity contribution in [1.29, 1.82) is 0 Å². The van der Waals surface area contributed by atoms with E-state index in [0.29, 0.717) is 0 Å². The predicted octanol–water partition coefficient (Wildman–Crippen LogP) is 3.27. The molecule has 2 heterocycles. The van der Waals surface area contributed by atoms with Gasteiger partial charge >= 0.3 is 0 Å². The molecule has 0 saturated carbocycles. The molecule has 0 aliphatic heterocycles. The van der Waals surface area contributed by atoms with Crippen molar-refractivity contribution in [2.45, 2.75) is 26.7 Å². The third-order valence-electron chi connectivity index (χ3n) is 2.84. The summed E-state index contributed by atoms with van der Waals surface area (Å²) in [6.45, 7) is 4.37. The number of nitrogens with zero attached hydrogens (tertiary/aromatic N) is 2. The molecule has 0 spiro atoms. The molecule has 0 radical (unpaired) electrons. The monoisotopic (exact) mass is 212 g/mol. The lowest BCUT2D eigenvalue weighted by Crippen LogP contribution is -1.97. The van der Waals surface area contributed by atoms with E-state index >= 15 is 0 Å². The summed E-state index contributed by atoms with van der Waals surface area (Å²) < 4.78 is 0. The first-order valence-corrected chi connectivity index (χ1v) is 5.74. The summed E-state index contributed by atoms with van der Waals surface area (Å²) >= 11 is 0. The van der Waals surface area contributed by atoms with Crippen LogP contribution in [0.25, 0.3) is 11.3 Å². The van der Waals surface area contributed by atoms with Gasteiger partial charge in [0, 0.05) is 24.2 Å². The molecule has 0 amide bonds. The zero-order valence-corrected chi connectivity index (χ0v) is 9.77. The van der Waals surface area contributed by atoms with Crippen LogP contribution in [0.15, 0.2) is 36.8 Å². The highest BCUT2D eigenvalue weighted by molar-refractivity contribution is 5.63. The largest absolute Gasteiger partial charge is 0.265 e. The topological polar surface area (TPSA) is 25.8 Å². The first-order chi connectivity index (χ1) is 7.86. The van der Waals surface area contributed by atoms with Crippen LogP contribution < -0.4 is 0 Å². The van der Waals surface area contributed by atoms with Gasteiger partial charge < -0.3 is 0 Å². The van der Waals surface area contributed by atoms with Gasteiger partial charge in [-0.15, -0.1) is 0 Å². The third kappa shape index (κ3) is 1.96. The molecule has 82 valence electrons. The average Bonchev–Trinajstić information content (AvgIpc) is 2.38. The van der Waals surface area contributed by atoms with E-state index in [1.807, 2.05) is 30.7 Å². The molecule has 0 aromatic carbocycles. The molecule has 0 aliphatic carbocycles. The van der Waals surface area contributed by atoms with Gasteiger partial charge in [0.25, 0.3) is 0 Å². The zero-order chi connectivity index (χ0) is 11.4. The minimum atomic E-state index is 1.02. The first-order valence-electron chi connectivity index (χ1n) is 5.74. The van der Waals surface area contributed by atoms with Gasteiger partial charge in [-0.3, -0.25) is 9.97 Å². The van der Waals surface area contributed by atoms with Gasteiger partial charge in [0.05, 0.1) is 5.69 Å². The van der Waals surface area contributed by atoms with Crippen molar-refractivity contribution in [3.8, 4) is 11.3 Å². The van der Waals surface area contributed by atoms with Crippen molar-refractivity contribution < 1.29 is 0 Å². The van der Waals surface area contributed by atoms with E-state index in [9.17, 15) is 0 Å². The van der Waals surface area contributed by atoms with Crippen molar-refractivity contribution >= 4 is 0 Å². The van der Waals surface area contributed by atoms with E-state index in [0.717, 1.165) is 24.1 Å². The Hall–Kier alpha value is -1.70. The Balaban J connectivity index is 2.57. The molecule has 0 aliphatic rings. The summed E-state index contributed by atoms with van der Waals surface area (Å²) in [4.78, 5) is 8.54. The van der Waals surface area contributed by atoms with E-state index in [4.69, 9.17) is 0 Å². The molecular formula is C14H16N2. The Morgan fingerprint density at radius 2 is 1.69 bits per heavy atom. The Kier molecular flexibility index (Phi) is 3.30. The van der Waals surface area contributed by atoms with Gasteiger partial charge in [0.1, 0.15) is 0 Å². The van der Waals surface area contributed by atoms with Crippen molar-refractivity contribution in [3.63, 3.8) is 0 Å². The predicted molar refractivity (Wildman–Crippen MR) is 66.2 cm³/mol. The van der Waals surface area contributed by atoms with Crippen molar-refractivity contribution in [2.75, 3.05) is 0 Å². The summed E-state index contributed by atoms with van der Waals surface area (Å²) in [5, 5.41) is 0. The highest BCUT2D eigenvalue weighted by Gasteiger charge is 2.08. The van der Waals surface area contributed by atoms with Crippen molar-refractivity contribution in [2.24, 2.45) is 0 Å². The molecule has 0 atom stereocenters. The van der Waals surface area contributed by atoms with Crippen LogP contribution in [0.3, 0.4) is 0 Å². The molecule has 0 fully saturated rings. The van der Waals surface area contributed by atoms with Crippen LogP contribution in [0, 0.1) is 0 Å². The van der Waals surface area contributed by atoms with E-state index in [1.165, 1.54) is 11.1 Å². The minimum absolute atomic E-state index is 1.02. The van der Waals surface area contributed by atoms with Gasteiger partial charge in [-0.05, 0) is 42.2 Å². The standard InChI is InChI=1S/C14H16N2/c1-3-11-7-10-16-14(13(11)4-2)12-5-8-15-9-6-12/h5-10H,3-4H2,1-2H3. The van der Waals surface area contributed by atoms with Crippen LogP contribution in [0.5, 0.6) is 0 Å². The third-order valence-corrected chi connectivity index (χ3v) is 2.84. The van der Waals surface area contributed by atoms with E-state index in [1.54, 1.807) is 0 Å². The quantitative estimate of drug-likeness (QED) is 0.780. The Morgan fingerprint density at radius 1 is 0.938 bits per heavy atom. The highest BCUT2D eigenvalue weighted by Crippen LogP contribution is 2.24. The van der Waals surface area contributed by atoms with Gasteiger partial charge in [0.15, 0.2) is 0 Å². The van der Waals surface area contributed by atoms with E-state index in [2.05, 4.69) is 29.9 Å². The van der Waals surface area contributed by atoms with Gasteiger partial charge in [-0.1, -0.05) is 13.8 Å². The van der Waals surface area contributed by atoms with Crippen LogP contribution in [0.2, 0.25) is 0 Å². The molecule has 2 aromatic rings. The summed E-state index contributed by atoms with van der Waals surface area (Å²) in [6, 6.07) is 6.14. The normalized spacial score (nSPS) is 10.4. The van der Waals surface area contributed by atoms with Crippen LogP contribution in [0.1, 0.15) is 25.0 Å². The van der Waals surface area contributed by atoms with E-state index < -0.39 is 0 Å². The van der Waals surface area contributed by atoms with Crippen molar-refractivity contribution in [1.82, 2.24) is 9.97 Å². The maximum absolute atomic E-state index is 4.50. The van der Waals surface area contributed by atoms with Crippen LogP contribution in [-0.2, 0) is 12.8 Å². The molecule has 0 N–H and O–H groups in total. The zero-order valence-electron chi connectivity index (χ0n) is 9.77. The lowest BCUT2D eigenvalue weighted by Gasteiger charge is -2.11. The smallest absolute Gasteiger partial charge is 0.0737 e. The maximum Gasteiger partial charge on any atom is 0.0737 e. The summed E-state index contributed by atoms with van der Waals surface area (Å²) in [7, 11) is 0. The fourth-order valence-electron chi connectivity index (χ4n) is 2.02. The van der Waals surface area contributed by atoms with Crippen LogP contribution in [-0.4, -0.2) is 9.97 Å². The summed E-state index contributed by atoms with van der Waals surface area (Å²) in [6.07, 6.45) is 7.61. The average molecular weight is 212 g/mol. The van der Waals surface area contributed by atoms with Crippen molar-refractivity contribution in [3.05, 3.63) is 47.9 Å². The molecule has 2 nitrogen and oxygen atoms in total. The number of hydrogen-bond acceptors (Lipinski definition) is 2. The second-order valence-electron chi connectivity index (χ2n) is 3.74. The minimum Gasteiger partial charge on any atom is -0.265 e. The lowest BCUT2D eigenvalue weighted by molar-refractivity contribution is 1.02. The Morgan fingerprint density at radius 3 is 2.31 bits per heavy atom. The van der Waals surface area contributed by atoms with Crippen LogP contribution in [0.4, 0.5) is 0 Å². The molecule has 16 heavy (non-hydrogen) atoms. The Bertz CT molecular complexity index is 463. The fourth-order valence-corrected chi connectivity index (χ4v) is 2.02. The molecule has 0 saturated heterocycles. The maximum atomic E-state index is 4.50. The molecule has 2 rings (SSSR count). The van der Waals surface area contributed by atoms with Gasteiger partial charge in [-0.25, -0.2) is 0 Å². The number of aromatic nitrogens is 2.